The molecule has 78 valence electrons. The van der Waals surface area contributed by atoms with E-state index in [0.717, 1.165) is 11.3 Å². The van der Waals surface area contributed by atoms with Crippen LogP contribution in [0.25, 0.3) is 0 Å². The number of hydrogen-bond donors (Lipinski definition) is 3. The lowest BCUT2D eigenvalue weighted by molar-refractivity contribution is 0.0707. The first kappa shape index (κ1) is 12.7. The van der Waals surface area contributed by atoms with Gasteiger partial charge in [-0.2, -0.15) is 0 Å². The number of benzene rings is 1. The van der Waals surface area contributed by atoms with Gasteiger partial charge >= 0.3 is 0 Å². The molecule has 1 aromatic rings. The van der Waals surface area contributed by atoms with Crippen LogP contribution in [0.5, 0.6) is 0 Å². The minimum absolute atomic E-state index is 0. The summed E-state index contributed by atoms with van der Waals surface area (Å²) in [5, 5.41) is 11.4. The Kier molecular flexibility index (Phi) is 4.97. The van der Waals surface area contributed by atoms with Crippen molar-refractivity contribution >= 4 is 24.0 Å². The second-order valence-corrected chi connectivity index (χ2v) is 2.69. The predicted molar refractivity (Wildman–Crippen MR) is 57.2 cm³/mol. The molecular weight excluding hydrogens is 204 g/mol. The normalized spacial score (nSPS) is 8.79. The molecule has 0 aliphatic heterocycles. The summed E-state index contributed by atoms with van der Waals surface area (Å²) in [6.45, 7) is 1.89. The largest absolute Gasteiger partial charge is 0.387 e. The molecule has 1 rings (SSSR count). The van der Waals surface area contributed by atoms with E-state index in [2.05, 4.69) is 5.32 Å². The van der Waals surface area contributed by atoms with Crippen molar-refractivity contribution in [3.05, 3.63) is 29.3 Å². The first-order valence-electron chi connectivity index (χ1n) is 3.92. The number of carbonyl (C=O) groups is 1. The molecule has 0 fully saturated rings. The molecule has 0 aromatic heterocycles. The van der Waals surface area contributed by atoms with E-state index < -0.39 is 5.91 Å². The highest BCUT2D eigenvalue weighted by Gasteiger charge is 2.10. The molecule has 1 aromatic carbocycles. The molecule has 0 aliphatic rings. The van der Waals surface area contributed by atoms with E-state index in [0.29, 0.717) is 5.56 Å². The Morgan fingerprint density at radius 1 is 1.43 bits per heavy atom. The van der Waals surface area contributed by atoms with Gasteiger partial charge < -0.3 is 5.32 Å². The number of para-hydroxylation sites is 1. The molecule has 14 heavy (non-hydrogen) atoms. The summed E-state index contributed by atoms with van der Waals surface area (Å²) in [4.78, 5) is 11.1. The Morgan fingerprint density at radius 3 is 2.57 bits per heavy atom. The summed E-state index contributed by atoms with van der Waals surface area (Å²) in [7, 11) is 1.73. The Labute approximate surface area is 88.7 Å². The third kappa shape index (κ3) is 2.37. The molecule has 5 heteroatoms. The summed E-state index contributed by atoms with van der Waals surface area (Å²) in [5.74, 6) is -0.506. The fraction of sp³-hybridized carbons (Fsp3) is 0.222. The van der Waals surface area contributed by atoms with E-state index in [1.165, 1.54) is 0 Å². The Balaban J connectivity index is 0.00000169. The third-order valence-electron chi connectivity index (χ3n) is 1.87. The first-order valence-corrected chi connectivity index (χ1v) is 3.92. The smallest absolute Gasteiger partial charge is 0.276 e. The standard InChI is InChI=1S/C9H12N2O2.ClH/c1-6-4-3-5-7(8(6)10-2)9(12)11-13;/h3-5,10,13H,1-2H3,(H,11,12);1H. The fourth-order valence-electron chi connectivity index (χ4n) is 1.25. The average Bonchev–Trinajstić information content (AvgIpc) is 2.16. The highest BCUT2D eigenvalue weighted by molar-refractivity contribution is 5.99. The van der Waals surface area contributed by atoms with Gasteiger partial charge in [-0.3, -0.25) is 10.0 Å². The number of carbonyl (C=O) groups excluding carboxylic acids is 1. The Bertz CT molecular complexity index is 329. The van der Waals surface area contributed by atoms with E-state index >= 15 is 0 Å². The van der Waals surface area contributed by atoms with Crippen LogP contribution in [0.2, 0.25) is 0 Å². The Morgan fingerprint density at radius 2 is 2.07 bits per heavy atom. The maximum absolute atomic E-state index is 11.1. The van der Waals surface area contributed by atoms with Crippen molar-refractivity contribution in [1.29, 1.82) is 0 Å². The van der Waals surface area contributed by atoms with Gasteiger partial charge in [-0.05, 0) is 18.6 Å². The van der Waals surface area contributed by atoms with Crippen molar-refractivity contribution in [1.82, 2.24) is 5.48 Å². The van der Waals surface area contributed by atoms with Crippen molar-refractivity contribution in [3.8, 4) is 0 Å². The zero-order valence-corrected chi connectivity index (χ0v) is 8.81. The topological polar surface area (TPSA) is 61.4 Å². The summed E-state index contributed by atoms with van der Waals surface area (Å²) in [5.41, 5.74) is 3.73. The molecule has 0 unspecified atom stereocenters. The zero-order chi connectivity index (χ0) is 9.84. The number of amides is 1. The van der Waals surface area contributed by atoms with E-state index in [-0.39, 0.29) is 12.4 Å². The third-order valence-corrected chi connectivity index (χ3v) is 1.87. The SMILES string of the molecule is CNc1c(C)cccc1C(=O)NO.Cl. The predicted octanol–water partition coefficient (Wildman–Crippen LogP) is 1.58. The van der Waals surface area contributed by atoms with Gasteiger partial charge in [-0.15, -0.1) is 12.4 Å². The lowest BCUT2D eigenvalue weighted by Crippen LogP contribution is -2.20. The number of nitrogens with one attached hydrogen (secondary N) is 2. The van der Waals surface area contributed by atoms with Crippen molar-refractivity contribution in [2.75, 3.05) is 12.4 Å². The molecule has 0 bridgehead atoms. The summed E-state index contributed by atoms with van der Waals surface area (Å²) in [6, 6.07) is 5.30. The minimum Gasteiger partial charge on any atom is -0.387 e. The maximum atomic E-state index is 11.1. The van der Waals surface area contributed by atoms with Crippen molar-refractivity contribution in [2.45, 2.75) is 6.92 Å². The Hall–Kier alpha value is -1.26. The maximum Gasteiger partial charge on any atom is 0.276 e. The highest BCUT2D eigenvalue weighted by atomic mass is 35.5. The van der Waals surface area contributed by atoms with Crippen LogP contribution in [-0.2, 0) is 0 Å². The van der Waals surface area contributed by atoms with Crippen LogP contribution in [-0.4, -0.2) is 18.2 Å². The monoisotopic (exact) mass is 216 g/mol. The molecule has 1 amide bonds. The lowest BCUT2D eigenvalue weighted by atomic mass is 10.1. The van der Waals surface area contributed by atoms with Crippen molar-refractivity contribution in [2.24, 2.45) is 0 Å². The van der Waals surface area contributed by atoms with Gasteiger partial charge in [0.1, 0.15) is 0 Å². The number of halogens is 1. The number of hydroxylamine groups is 1. The van der Waals surface area contributed by atoms with Gasteiger partial charge in [-0.25, -0.2) is 5.48 Å². The van der Waals surface area contributed by atoms with Crippen molar-refractivity contribution in [3.63, 3.8) is 0 Å². The molecule has 0 spiro atoms. The van der Waals surface area contributed by atoms with Crippen LogP contribution < -0.4 is 10.8 Å². The molecule has 3 N–H and O–H groups in total. The molecular formula is C9H13ClN2O2. The van der Waals surface area contributed by atoms with Crippen LogP contribution in [0.4, 0.5) is 5.69 Å². The minimum atomic E-state index is -0.506. The number of hydrogen-bond acceptors (Lipinski definition) is 3. The van der Waals surface area contributed by atoms with E-state index in [9.17, 15) is 4.79 Å². The molecule has 0 atom stereocenters. The summed E-state index contributed by atoms with van der Waals surface area (Å²) < 4.78 is 0. The van der Waals surface area contributed by atoms with Crippen LogP contribution >= 0.6 is 12.4 Å². The van der Waals surface area contributed by atoms with E-state index in [4.69, 9.17) is 5.21 Å². The van der Waals surface area contributed by atoms with Gasteiger partial charge in [0.25, 0.3) is 5.91 Å². The van der Waals surface area contributed by atoms with Crippen LogP contribution in [0.3, 0.4) is 0 Å². The molecule has 0 heterocycles. The van der Waals surface area contributed by atoms with Gasteiger partial charge in [0.05, 0.1) is 5.56 Å². The summed E-state index contributed by atoms with van der Waals surface area (Å²) >= 11 is 0. The number of rotatable bonds is 2. The fourth-order valence-corrected chi connectivity index (χ4v) is 1.25. The first-order chi connectivity index (χ1) is 6.20. The molecule has 0 saturated carbocycles. The zero-order valence-electron chi connectivity index (χ0n) is 8.00. The van der Waals surface area contributed by atoms with Crippen LogP contribution in [0.1, 0.15) is 15.9 Å². The quantitative estimate of drug-likeness (QED) is 0.520. The van der Waals surface area contributed by atoms with Gasteiger partial charge in [0.2, 0.25) is 0 Å². The van der Waals surface area contributed by atoms with Crippen molar-refractivity contribution < 1.29 is 10.0 Å². The van der Waals surface area contributed by atoms with E-state index in [1.54, 1.807) is 24.7 Å². The van der Waals surface area contributed by atoms with E-state index in [1.807, 2.05) is 13.0 Å². The lowest BCUT2D eigenvalue weighted by Gasteiger charge is -2.09. The molecule has 4 nitrogen and oxygen atoms in total. The summed E-state index contributed by atoms with van der Waals surface area (Å²) in [6.07, 6.45) is 0. The van der Waals surface area contributed by atoms with Gasteiger partial charge in [0, 0.05) is 12.7 Å². The number of aryl methyl sites for hydroxylation is 1. The van der Waals surface area contributed by atoms with Crippen LogP contribution in [0, 0.1) is 6.92 Å². The number of anilines is 1. The highest BCUT2D eigenvalue weighted by Crippen LogP contribution is 2.19. The second kappa shape index (κ2) is 5.47. The average molecular weight is 217 g/mol. The molecule has 0 saturated heterocycles. The van der Waals surface area contributed by atoms with Gasteiger partial charge in [-0.1, -0.05) is 12.1 Å². The van der Waals surface area contributed by atoms with Crippen LogP contribution in [0.15, 0.2) is 18.2 Å². The molecule has 0 aliphatic carbocycles. The van der Waals surface area contributed by atoms with Gasteiger partial charge in [0.15, 0.2) is 0 Å². The second-order valence-electron chi connectivity index (χ2n) is 2.69. The molecule has 0 radical (unpaired) electrons.